The molecule has 0 saturated carbocycles. The summed E-state index contributed by atoms with van der Waals surface area (Å²) in [7, 11) is 0. The summed E-state index contributed by atoms with van der Waals surface area (Å²) in [6, 6.07) is 0. The molecule has 1 atom stereocenters. The fourth-order valence-corrected chi connectivity index (χ4v) is 1.09. The number of aliphatic hydroxyl groups is 1. The van der Waals surface area contributed by atoms with Crippen LogP contribution in [0.2, 0.25) is 0 Å². The Morgan fingerprint density at radius 1 is 1.70 bits per heavy atom. The summed E-state index contributed by atoms with van der Waals surface area (Å²) in [6.45, 7) is 4.40. The Labute approximate surface area is 62.1 Å². The maximum atomic E-state index is 9.05. The predicted octanol–water partition coefficient (Wildman–Crippen LogP) is 1.89. The molecule has 0 radical (unpaired) electrons. The van der Waals surface area contributed by atoms with E-state index < -0.39 is 0 Å². The van der Waals surface area contributed by atoms with Gasteiger partial charge in [-0.3, -0.25) is 0 Å². The van der Waals surface area contributed by atoms with Gasteiger partial charge in [0, 0.05) is 5.41 Å². The van der Waals surface area contributed by atoms with Crippen molar-refractivity contribution in [2.45, 2.75) is 20.3 Å². The van der Waals surface area contributed by atoms with Crippen molar-refractivity contribution in [3.05, 3.63) is 23.8 Å². The van der Waals surface area contributed by atoms with Gasteiger partial charge in [0.1, 0.15) is 0 Å². The number of hydrogen-bond acceptors (Lipinski definition) is 1. The van der Waals surface area contributed by atoms with E-state index in [1.54, 1.807) is 0 Å². The molecule has 0 aliphatic heterocycles. The molecule has 0 heterocycles. The van der Waals surface area contributed by atoms with Gasteiger partial charge >= 0.3 is 0 Å². The molecule has 1 rings (SSSR count). The first-order valence-electron chi connectivity index (χ1n) is 3.64. The van der Waals surface area contributed by atoms with E-state index in [1.807, 2.05) is 6.08 Å². The quantitative estimate of drug-likeness (QED) is 0.586. The van der Waals surface area contributed by atoms with Crippen LogP contribution in [0.3, 0.4) is 0 Å². The van der Waals surface area contributed by atoms with E-state index in [2.05, 4.69) is 26.0 Å². The van der Waals surface area contributed by atoms with Gasteiger partial charge in [-0.05, 0) is 13.3 Å². The Hall–Kier alpha value is -0.560. The average Bonchev–Trinajstić information content (AvgIpc) is 1.96. The lowest BCUT2D eigenvalue weighted by molar-refractivity contribution is 0.175. The molecule has 56 valence electrons. The van der Waals surface area contributed by atoms with Gasteiger partial charge in [-0.1, -0.05) is 30.7 Å². The summed E-state index contributed by atoms with van der Waals surface area (Å²) in [5, 5.41) is 9.05. The van der Waals surface area contributed by atoms with Gasteiger partial charge in [0.15, 0.2) is 0 Å². The van der Waals surface area contributed by atoms with E-state index in [4.69, 9.17) is 5.11 Å². The van der Waals surface area contributed by atoms with Gasteiger partial charge in [-0.2, -0.15) is 0 Å². The van der Waals surface area contributed by atoms with Crippen LogP contribution in [0.15, 0.2) is 23.8 Å². The van der Waals surface area contributed by atoms with Gasteiger partial charge in [0.05, 0.1) is 6.61 Å². The minimum Gasteiger partial charge on any atom is -0.395 e. The van der Waals surface area contributed by atoms with Crippen LogP contribution in [0.5, 0.6) is 0 Å². The molecule has 10 heavy (non-hydrogen) atoms. The molecule has 0 aromatic rings. The second-order valence-electron chi connectivity index (χ2n) is 3.20. The maximum absolute atomic E-state index is 9.05. The van der Waals surface area contributed by atoms with Gasteiger partial charge < -0.3 is 5.11 Å². The number of allylic oxidation sites excluding steroid dienone is 3. The maximum Gasteiger partial charge on any atom is 0.0525 e. The fraction of sp³-hybridized carbons (Fsp3) is 0.556. The monoisotopic (exact) mass is 138 g/mol. The van der Waals surface area contributed by atoms with E-state index in [-0.39, 0.29) is 12.0 Å². The van der Waals surface area contributed by atoms with Gasteiger partial charge in [-0.25, -0.2) is 0 Å². The number of rotatable bonds is 1. The summed E-state index contributed by atoms with van der Waals surface area (Å²) in [5.41, 5.74) is 1.28. The standard InChI is InChI=1S/C9H14O/c1-8-5-3-4-6-9(8,2)7-10/h3-5,10H,6-7H2,1-2H3. The lowest BCUT2D eigenvalue weighted by Gasteiger charge is -2.28. The van der Waals surface area contributed by atoms with E-state index in [1.165, 1.54) is 5.57 Å². The van der Waals surface area contributed by atoms with Crippen LogP contribution in [0.25, 0.3) is 0 Å². The van der Waals surface area contributed by atoms with Crippen molar-refractivity contribution < 1.29 is 5.11 Å². The van der Waals surface area contributed by atoms with Crippen LogP contribution in [-0.2, 0) is 0 Å². The molecule has 0 spiro atoms. The average molecular weight is 138 g/mol. The first kappa shape index (κ1) is 7.55. The Morgan fingerprint density at radius 2 is 2.40 bits per heavy atom. The molecule has 0 fully saturated rings. The summed E-state index contributed by atoms with van der Waals surface area (Å²) in [6.07, 6.45) is 7.18. The van der Waals surface area contributed by atoms with Crippen molar-refractivity contribution in [3.63, 3.8) is 0 Å². The van der Waals surface area contributed by atoms with Crippen molar-refractivity contribution in [1.29, 1.82) is 0 Å². The second kappa shape index (κ2) is 2.59. The molecule has 0 amide bonds. The van der Waals surface area contributed by atoms with E-state index in [9.17, 15) is 0 Å². The molecule has 0 bridgehead atoms. The van der Waals surface area contributed by atoms with Gasteiger partial charge in [-0.15, -0.1) is 0 Å². The molecule has 1 N–H and O–H groups in total. The molecule has 0 aromatic heterocycles. The SMILES string of the molecule is CC1=CC=CCC1(C)CO. The molecular formula is C9H14O. The van der Waals surface area contributed by atoms with E-state index in [0.717, 1.165) is 6.42 Å². The van der Waals surface area contributed by atoms with Gasteiger partial charge in [0.25, 0.3) is 0 Å². The summed E-state index contributed by atoms with van der Waals surface area (Å²) in [4.78, 5) is 0. The van der Waals surface area contributed by atoms with Crippen LogP contribution in [-0.4, -0.2) is 11.7 Å². The lowest BCUT2D eigenvalue weighted by atomic mass is 9.78. The number of aliphatic hydroxyl groups excluding tert-OH is 1. The summed E-state index contributed by atoms with van der Waals surface area (Å²) in [5.74, 6) is 0. The zero-order chi connectivity index (χ0) is 7.61. The second-order valence-corrected chi connectivity index (χ2v) is 3.20. The molecule has 1 unspecified atom stereocenters. The molecule has 1 aliphatic rings. The van der Waals surface area contributed by atoms with E-state index in [0.29, 0.717) is 0 Å². The van der Waals surface area contributed by atoms with Crippen molar-refractivity contribution >= 4 is 0 Å². The highest BCUT2D eigenvalue weighted by molar-refractivity contribution is 5.23. The third-order valence-electron chi connectivity index (χ3n) is 2.35. The zero-order valence-electron chi connectivity index (χ0n) is 6.59. The number of hydrogen-bond donors (Lipinski definition) is 1. The molecular weight excluding hydrogens is 124 g/mol. The fourth-order valence-electron chi connectivity index (χ4n) is 1.09. The van der Waals surface area contributed by atoms with Crippen LogP contribution < -0.4 is 0 Å². The molecule has 1 nitrogen and oxygen atoms in total. The molecule has 1 heteroatoms. The Bertz CT molecular complexity index is 179. The predicted molar refractivity (Wildman–Crippen MR) is 42.7 cm³/mol. The van der Waals surface area contributed by atoms with Crippen LogP contribution >= 0.6 is 0 Å². The van der Waals surface area contributed by atoms with Crippen molar-refractivity contribution in [1.82, 2.24) is 0 Å². The molecule has 0 aromatic carbocycles. The first-order valence-corrected chi connectivity index (χ1v) is 3.64. The van der Waals surface area contributed by atoms with Crippen LogP contribution in [0.4, 0.5) is 0 Å². The minimum absolute atomic E-state index is 0.00868. The van der Waals surface area contributed by atoms with Crippen LogP contribution in [0, 0.1) is 5.41 Å². The Balaban J connectivity index is 2.81. The third-order valence-corrected chi connectivity index (χ3v) is 2.35. The highest BCUT2D eigenvalue weighted by Gasteiger charge is 2.24. The topological polar surface area (TPSA) is 20.2 Å². The minimum atomic E-state index is 0.00868. The van der Waals surface area contributed by atoms with Crippen molar-refractivity contribution in [3.8, 4) is 0 Å². The van der Waals surface area contributed by atoms with Crippen LogP contribution in [0.1, 0.15) is 20.3 Å². The first-order chi connectivity index (χ1) is 4.69. The van der Waals surface area contributed by atoms with Crippen molar-refractivity contribution in [2.75, 3.05) is 6.61 Å². The van der Waals surface area contributed by atoms with Gasteiger partial charge in [0.2, 0.25) is 0 Å². The largest absolute Gasteiger partial charge is 0.395 e. The third kappa shape index (κ3) is 1.14. The molecule has 1 aliphatic carbocycles. The van der Waals surface area contributed by atoms with Crippen molar-refractivity contribution in [2.24, 2.45) is 5.41 Å². The highest BCUT2D eigenvalue weighted by atomic mass is 16.3. The Morgan fingerprint density at radius 3 is 2.80 bits per heavy atom. The lowest BCUT2D eigenvalue weighted by Crippen LogP contribution is -2.23. The smallest absolute Gasteiger partial charge is 0.0525 e. The Kier molecular flexibility index (Phi) is 1.95. The zero-order valence-corrected chi connectivity index (χ0v) is 6.59. The summed E-state index contributed by atoms with van der Waals surface area (Å²) < 4.78 is 0. The summed E-state index contributed by atoms with van der Waals surface area (Å²) >= 11 is 0. The molecule has 0 saturated heterocycles. The van der Waals surface area contributed by atoms with E-state index >= 15 is 0 Å². The highest BCUT2D eigenvalue weighted by Crippen LogP contribution is 2.32. The normalized spacial score (nSPS) is 32.1.